The van der Waals surface area contributed by atoms with Gasteiger partial charge in [-0.1, -0.05) is 50.2 Å². The average molecular weight is 373 g/mol. The molecule has 7 heteroatoms. The van der Waals surface area contributed by atoms with E-state index < -0.39 is 12.0 Å². The zero-order chi connectivity index (χ0) is 20.0. The van der Waals surface area contributed by atoms with Gasteiger partial charge in [-0.2, -0.15) is 4.98 Å². The van der Waals surface area contributed by atoms with Gasteiger partial charge in [0.15, 0.2) is 5.82 Å². The van der Waals surface area contributed by atoms with E-state index in [1.54, 1.807) is 0 Å². The number of rotatable bonds is 8. The van der Waals surface area contributed by atoms with Crippen molar-refractivity contribution in [3.05, 3.63) is 47.1 Å². The number of carboxylic acid groups (broad SMARTS) is 1. The number of amides is 1. The molecular formula is C20H27N3O4. The maximum Gasteiger partial charge on any atom is 0.305 e. The van der Waals surface area contributed by atoms with Gasteiger partial charge in [0.05, 0.1) is 12.5 Å². The maximum absolute atomic E-state index is 12.3. The summed E-state index contributed by atoms with van der Waals surface area (Å²) in [5.74, 6) is 0.000859. The molecule has 0 bridgehead atoms. The Morgan fingerprint density at radius 1 is 1.26 bits per heavy atom. The Balaban J connectivity index is 1.91. The van der Waals surface area contributed by atoms with Gasteiger partial charge in [-0.3, -0.25) is 9.59 Å². The summed E-state index contributed by atoms with van der Waals surface area (Å²) in [6.45, 7) is 7.91. The molecule has 0 aliphatic carbocycles. The van der Waals surface area contributed by atoms with Crippen LogP contribution in [0.5, 0.6) is 0 Å². The van der Waals surface area contributed by atoms with Crippen LogP contribution in [0.25, 0.3) is 0 Å². The molecular weight excluding hydrogens is 346 g/mol. The topological polar surface area (TPSA) is 105 Å². The molecule has 1 unspecified atom stereocenters. The zero-order valence-corrected chi connectivity index (χ0v) is 16.3. The van der Waals surface area contributed by atoms with Crippen LogP contribution in [0.1, 0.15) is 68.9 Å². The number of hydrogen-bond donors (Lipinski definition) is 2. The molecule has 0 aliphatic heterocycles. The van der Waals surface area contributed by atoms with Gasteiger partial charge in [0.1, 0.15) is 0 Å². The van der Waals surface area contributed by atoms with Crippen LogP contribution in [0.2, 0.25) is 0 Å². The Kier molecular flexibility index (Phi) is 6.71. The number of aliphatic carboxylic acids is 1. The first-order valence-electron chi connectivity index (χ1n) is 9.06. The van der Waals surface area contributed by atoms with Crippen molar-refractivity contribution in [2.75, 3.05) is 0 Å². The first-order chi connectivity index (χ1) is 12.7. The monoisotopic (exact) mass is 373 g/mol. The van der Waals surface area contributed by atoms with Crippen molar-refractivity contribution >= 4 is 11.9 Å². The minimum absolute atomic E-state index is 0.158. The quantitative estimate of drug-likeness (QED) is 0.735. The van der Waals surface area contributed by atoms with Crippen LogP contribution in [-0.2, 0) is 21.4 Å². The molecule has 2 rings (SSSR count). The molecule has 1 aromatic carbocycles. The molecule has 0 saturated heterocycles. The van der Waals surface area contributed by atoms with Crippen molar-refractivity contribution in [2.24, 2.45) is 0 Å². The second kappa shape index (κ2) is 8.79. The number of carbonyl (C=O) groups excluding carboxylic acids is 1. The van der Waals surface area contributed by atoms with E-state index in [1.165, 1.54) is 0 Å². The van der Waals surface area contributed by atoms with Gasteiger partial charge in [0, 0.05) is 18.3 Å². The number of hydrogen-bond acceptors (Lipinski definition) is 5. The number of aromatic nitrogens is 2. The molecule has 0 aliphatic rings. The van der Waals surface area contributed by atoms with Crippen LogP contribution in [0.15, 0.2) is 28.8 Å². The van der Waals surface area contributed by atoms with Crippen molar-refractivity contribution in [2.45, 2.75) is 64.8 Å². The number of nitrogens with zero attached hydrogens (tertiary/aromatic N) is 2. The fourth-order valence-corrected chi connectivity index (χ4v) is 2.72. The normalized spacial score (nSPS) is 12.6. The molecule has 0 saturated carbocycles. The largest absolute Gasteiger partial charge is 0.481 e. The van der Waals surface area contributed by atoms with Crippen molar-refractivity contribution in [1.29, 1.82) is 0 Å². The lowest BCUT2D eigenvalue weighted by molar-refractivity contribution is -0.137. The smallest absolute Gasteiger partial charge is 0.305 e. The lowest BCUT2D eigenvalue weighted by Crippen LogP contribution is -2.30. The third kappa shape index (κ3) is 6.20. The number of nitrogens with one attached hydrogen (secondary N) is 1. The molecule has 146 valence electrons. The highest BCUT2D eigenvalue weighted by atomic mass is 16.5. The average Bonchev–Trinajstić information content (AvgIpc) is 3.03. The van der Waals surface area contributed by atoms with Crippen LogP contribution >= 0.6 is 0 Å². The van der Waals surface area contributed by atoms with Crippen LogP contribution in [-0.4, -0.2) is 27.1 Å². The fraction of sp³-hybridized carbons (Fsp3) is 0.500. The van der Waals surface area contributed by atoms with E-state index in [9.17, 15) is 9.59 Å². The molecule has 2 aromatic rings. The molecule has 1 amide bonds. The van der Waals surface area contributed by atoms with Crippen LogP contribution < -0.4 is 5.32 Å². The molecule has 0 spiro atoms. The van der Waals surface area contributed by atoms with Crippen molar-refractivity contribution in [3.8, 4) is 0 Å². The van der Waals surface area contributed by atoms with Crippen LogP contribution in [0.3, 0.4) is 0 Å². The first-order valence-corrected chi connectivity index (χ1v) is 9.06. The highest BCUT2D eigenvalue weighted by Crippen LogP contribution is 2.21. The molecule has 27 heavy (non-hydrogen) atoms. The third-order valence-corrected chi connectivity index (χ3v) is 4.21. The molecule has 0 fully saturated rings. The summed E-state index contributed by atoms with van der Waals surface area (Å²) in [5.41, 5.74) is 1.58. The van der Waals surface area contributed by atoms with Crippen molar-refractivity contribution in [3.63, 3.8) is 0 Å². The summed E-state index contributed by atoms with van der Waals surface area (Å²) < 4.78 is 5.22. The zero-order valence-electron chi connectivity index (χ0n) is 16.3. The van der Waals surface area contributed by atoms with E-state index in [1.807, 2.05) is 52.0 Å². The van der Waals surface area contributed by atoms with Crippen LogP contribution in [0, 0.1) is 6.92 Å². The summed E-state index contributed by atoms with van der Waals surface area (Å²) in [5, 5.41) is 16.0. The Hall–Kier alpha value is -2.70. The fourth-order valence-electron chi connectivity index (χ4n) is 2.72. The second-order valence-corrected chi connectivity index (χ2v) is 7.69. The summed E-state index contributed by atoms with van der Waals surface area (Å²) in [6.07, 6.45) is 1.15. The van der Waals surface area contributed by atoms with Gasteiger partial charge in [-0.15, -0.1) is 0 Å². The molecule has 1 atom stereocenters. The van der Waals surface area contributed by atoms with E-state index in [0.717, 1.165) is 11.1 Å². The molecule has 1 aromatic heterocycles. The second-order valence-electron chi connectivity index (χ2n) is 7.69. The van der Waals surface area contributed by atoms with Gasteiger partial charge in [0.2, 0.25) is 11.8 Å². The highest BCUT2D eigenvalue weighted by molar-refractivity contribution is 5.77. The summed E-state index contributed by atoms with van der Waals surface area (Å²) in [6, 6.07) is 6.92. The van der Waals surface area contributed by atoms with Gasteiger partial charge < -0.3 is 14.9 Å². The Morgan fingerprint density at radius 2 is 1.96 bits per heavy atom. The highest BCUT2D eigenvalue weighted by Gasteiger charge is 2.22. The molecule has 0 radical (unpaired) electrons. The van der Waals surface area contributed by atoms with Gasteiger partial charge in [0.25, 0.3) is 0 Å². The molecule has 1 heterocycles. The Bertz CT molecular complexity index is 793. The van der Waals surface area contributed by atoms with E-state index in [0.29, 0.717) is 24.6 Å². The molecule has 2 N–H and O–H groups in total. The minimum Gasteiger partial charge on any atom is -0.481 e. The lowest BCUT2D eigenvalue weighted by Gasteiger charge is -2.19. The standard InChI is InChI=1S/C20H27N3O4/c1-13-8-5-6-9-14(13)15(12-18(25)26)21-16(24)10-7-11-17-22-19(23-27-17)20(2,3)4/h5-6,8-9,15H,7,10-12H2,1-4H3,(H,21,24)(H,25,26). The van der Waals surface area contributed by atoms with E-state index >= 15 is 0 Å². The van der Waals surface area contributed by atoms with Crippen molar-refractivity contribution < 1.29 is 19.2 Å². The summed E-state index contributed by atoms with van der Waals surface area (Å²) in [4.78, 5) is 27.8. The number of benzene rings is 1. The van der Waals surface area contributed by atoms with Crippen LogP contribution in [0.4, 0.5) is 0 Å². The predicted molar refractivity (Wildman–Crippen MR) is 100 cm³/mol. The minimum atomic E-state index is -0.955. The lowest BCUT2D eigenvalue weighted by atomic mass is 9.96. The number of aryl methyl sites for hydroxylation is 2. The Labute approximate surface area is 159 Å². The van der Waals surface area contributed by atoms with E-state index in [4.69, 9.17) is 9.63 Å². The van der Waals surface area contributed by atoms with E-state index in [-0.39, 0.29) is 24.2 Å². The Morgan fingerprint density at radius 3 is 2.56 bits per heavy atom. The number of carboxylic acids is 1. The third-order valence-electron chi connectivity index (χ3n) is 4.21. The van der Waals surface area contributed by atoms with Gasteiger partial charge in [-0.05, 0) is 24.5 Å². The summed E-state index contributed by atoms with van der Waals surface area (Å²) >= 11 is 0. The predicted octanol–water partition coefficient (Wildman–Crippen LogP) is 3.33. The first kappa shape index (κ1) is 20.6. The van der Waals surface area contributed by atoms with Gasteiger partial charge >= 0.3 is 5.97 Å². The number of carbonyl (C=O) groups is 2. The molecule has 7 nitrogen and oxygen atoms in total. The van der Waals surface area contributed by atoms with E-state index in [2.05, 4.69) is 15.5 Å². The van der Waals surface area contributed by atoms with Crippen molar-refractivity contribution in [1.82, 2.24) is 15.5 Å². The maximum atomic E-state index is 12.3. The SMILES string of the molecule is Cc1ccccc1C(CC(=O)O)NC(=O)CCCc1nc(C(C)(C)C)no1. The van der Waals surface area contributed by atoms with Gasteiger partial charge in [-0.25, -0.2) is 0 Å². The summed E-state index contributed by atoms with van der Waals surface area (Å²) in [7, 11) is 0.